The van der Waals surface area contributed by atoms with E-state index in [0.717, 1.165) is 29.8 Å². The molecule has 1 saturated carbocycles. The molecule has 3 aromatic heterocycles. The van der Waals surface area contributed by atoms with Crippen molar-refractivity contribution in [2.75, 3.05) is 0 Å². The predicted octanol–water partition coefficient (Wildman–Crippen LogP) is 4.22. The second-order valence-electron chi connectivity index (χ2n) is 8.98. The summed E-state index contributed by atoms with van der Waals surface area (Å²) in [6.07, 6.45) is 6.95. The van der Waals surface area contributed by atoms with Crippen LogP contribution < -0.4 is 15.2 Å². The van der Waals surface area contributed by atoms with E-state index in [2.05, 4.69) is 38.9 Å². The summed E-state index contributed by atoms with van der Waals surface area (Å²) in [5, 5.41) is 3.82. The van der Waals surface area contributed by atoms with Crippen molar-refractivity contribution < 1.29 is 14.0 Å². The first-order valence-electron chi connectivity index (χ1n) is 11.2. The molecule has 9 nitrogen and oxygen atoms in total. The van der Waals surface area contributed by atoms with Gasteiger partial charge >= 0.3 is 0 Å². The zero-order valence-corrected chi connectivity index (χ0v) is 19.3. The van der Waals surface area contributed by atoms with Gasteiger partial charge in [0, 0.05) is 18.4 Å². The number of aryl methyl sites for hydroxylation is 1. The van der Waals surface area contributed by atoms with Crippen LogP contribution in [-0.2, 0) is 5.41 Å². The van der Waals surface area contributed by atoms with Gasteiger partial charge in [0.2, 0.25) is 17.5 Å². The highest BCUT2D eigenvalue weighted by Gasteiger charge is 2.28. The number of hydrogen-bond acceptors (Lipinski definition) is 9. The smallest absolute Gasteiger partial charge is 0.240 e. The van der Waals surface area contributed by atoms with Crippen molar-refractivity contribution in [3.05, 3.63) is 72.1 Å². The lowest BCUT2D eigenvalue weighted by atomic mass is 9.81. The molecule has 0 amide bonds. The van der Waals surface area contributed by atoms with Gasteiger partial charge in [0.25, 0.3) is 0 Å². The molecule has 0 aliphatic heterocycles. The molecule has 0 unspecified atom stereocenters. The Morgan fingerprint density at radius 1 is 0.882 bits per heavy atom. The van der Waals surface area contributed by atoms with Crippen LogP contribution in [0.15, 0.2) is 59.5 Å². The minimum Gasteiger partial charge on any atom is -0.489 e. The third-order valence-electron chi connectivity index (χ3n) is 5.98. The van der Waals surface area contributed by atoms with Crippen LogP contribution in [0.4, 0.5) is 0 Å². The van der Waals surface area contributed by atoms with Gasteiger partial charge in [-0.3, -0.25) is 4.98 Å². The SMILES string of the molecule is Cc1nc(-c2ncc(Oc3ccc(C(C)(C)c4ccc(O[C@H]5C[C@H](N)C5)cn4)cc3)cn2)no1. The molecular weight excluding hydrogens is 432 g/mol. The van der Waals surface area contributed by atoms with Gasteiger partial charge in [-0.05, 0) is 42.7 Å². The van der Waals surface area contributed by atoms with Gasteiger partial charge in [-0.25, -0.2) is 9.97 Å². The van der Waals surface area contributed by atoms with Crippen molar-refractivity contribution in [1.82, 2.24) is 25.1 Å². The highest BCUT2D eigenvalue weighted by Crippen LogP contribution is 2.33. The first-order valence-corrected chi connectivity index (χ1v) is 11.2. The average Bonchev–Trinajstić information content (AvgIpc) is 3.25. The van der Waals surface area contributed by atoms with Gasteiger partial charge in [0.1, 0.15) is 17.6 Å². The lowest BCUT2D eigenvalue weighted by Crippen LogP contribution is -2.43. The summed E-state index contributed by atoms with van der Waals surface area (Å²) < 4.78 is 16.8. The molecule has 0 saturated heterocycles. The average molecular weight is 459 g/mol. The maximum atomic E-state index is 5.92. The van der Waals surface area contributed by atoms with E-state index < -0.39 is 0 Å². The van der Waals surface area contributed by atoms with E-state index in [4.69, 9.17) is 19.7 Å². The van der Waals surface area contributed by atoms with Crippen molar-refractivity contribution >= 4 is 0 Å². The van der Waals surface area contributed by atoms with Crippen molar-refractivity contribution in [1.29, 1.82) is 0 Å². The second kappa shape index (κ2) is 8.83. The quantitative estimate of drug-likeness (QED) is 0.434. The van der Waals surface area contributed by atoms with Crippen molar-refractivity contribution in [3.8, 4) is 28.9 Å². The van der Waals surface area contributed by atoms with Crippen molar-refractivity contribution in [2.45, 2.75) is 51.2 Å². The maximum Gasteiger partial charge on any atom is 0.240 e. The number of hydrogen-bond donors (Lipinski definition) is 1. The second-order valence-corrected chi connectivity index (χ2v) is 8.98. The number of nitrogens with two attached hydrogens (primary N) is 1. The largest absolute Gasteiger partial charge is 0.489 e. The monoisotopic (exact) mass is 458 g/mol. The van der Waals surface area contributed by atoms with Crippen LogP contribution in [-0.4, -0.2) is 37.2 Å². The number of aromatic nitrogens is 5. The molecule has 3 heterocycles. The lowest BCUT2D eigenvalue weighted by molar-refractivity contribution is 0.100. The van der Waals surface area contributed by atoms with E-state index in [-0.39, 0.29) is 17.6 Å². The highest BCUT2D eigenvalue weighted by atomic mass is 16.5. The Morgan fingerprint density at radius 3 is 2.15 bits per heavy atom. The van der Waals surface area contributed by atoms with E-state index in [0.29, 0.717) is 29.0 Å². The Labute approximate surface area is 197 Å². The molecule has 5 rings (SSSR count). The zero-order valence-electron chi connectivity index (χ0n) is 19.3. The minimum absolute atomic E-state index is 0.202. The molecule has 9 heteroatoms. The summed E-state index contributed by atoms with van der Waals surface area (Å²) in [6.45, 7) is 6.00. The van der Waals surface area contributed by atoms with Crippen molar-refractivity contribution in [2.24, 2.45) is 5.73 Å². The van der Waals surface area contributed by atoms with Crippen LogP contribution in [0.2, 0.25) is 0 Å². The number of benzene rings is 1. The number of rotatable bonds is 7. The number of ether oxygens (including phenoxy) is 2. The summed E-state index contributed by atoms with van der Waals surface area (Å²) in [7, 11) is 0. The topological polar surface area (TPSA) is 122 Å². The third-order valence-corrected chi connectivity index (χ3v) is 5.98. The molecule has 0 atom stereocenters. The Balaban J connectivity index is 1.24. The molecular formula is C25H26N6O3. The predicted molar refractivity (Wildman–Crippen MR) is 125 cm³/mol. The van der Waals surface area contributed by atoms with E-state index in [1.165, 1.54) is 0 Å². The molecule has 4 aromatic rings. The first kappa shape index (κ1) is 22.0. The van der Waals surface area contributed by atoms with Crippen molar-refractivity contribution in [3.63, 3.8) is 0 Å². The Kier molecular flexibility index (Phi) is 5.70. The normalized spacial score (nSPS) is 17.8. The summed E-state index contributed by atoms with van der Waals surface area (Å²) in [4.78, 5) is 17.3. The molecule has 0 spiro atoms. The molecule has 1 aromatic carbocycles. The highest BCUT2D eigenvalue weighted by molar-refractivity contribution is 5.43. The molecule has 34 heavy (non-hydrogen) atoms. The molecule has 1 aliphatic carbocycles. The molecule has 1 aliphatic rings. The van der Waals surface area contributed by atoms with Crippen LogP contribution in [0, 0.1) is 6.92 Å². The number of nitrogens with zero attached hydrogens (tertiary/aromatic N) is 5. The van der Waals surface area contributed by atoms with Gasteiger partial charge in [-0.1, -0.05) is 31.1 Å². The zero-order chi connectivity index (χ0) is 23.7. The summed E-state index contributed by atoms with van der Waals surface area (Å²) in [5.74, 6) is 3.16. The Bertz CT molecular complexity index is 1250. The Morgan fingerprint density at radius 2 is 1.56 bits per heavy atom. The van der Waals surface area contributed by atoms with Gasteiger partial charge < -0.3 is 19.7 Å². The molecule has 1 fully saturated rings. The maximum absolute atomic E-state index is 5.92. The molecule has 2 N–H and O–H groups in total. The summed E-state index contributed by atoms with van der Waals surface area (Å²) in [5.41, 5.74) is 7.62. The van der Waals surface area contributed by atoms with E-state index in [9.17, 15) is 0 Å². The standard InChI is InChI=1S/C25H26N6O3/c1-15-30-24(31-34-15)23-28-13-21(14-29-23)32-18-6-4-16(5-7-18)25(2,3)22-9-8-19(12-27-22)33-20-10-17(26)11-20/h4-9,12-14,17,20H,10-11,26H2,1-3H3/t17-,20-. The van der Waals surface area contributed by atoms with Crippen LogP contribution in [0.3, 0.4) is 0 Å². The minimum atomic E-state index is -0.288. The van der Waals surface area contributed by atoms with Crippen LogP contribution in [0.25, 0.3) is 11.6 Å². The third kappa shape index (κ3) is 4.60. The van der Waals surface area contributed by atoms with E-state index in [1.54, 1.807) is 25.5 Å². The fourth-order valence-corrected chi connectivity index (χ4v) is 3.81. The molecule has 0 bridgehead atoms. The van der Waals surface area contributed by atoms with Gasteiger partial charge in [-0.15, -0.1) is 0 Å². The number of pyridine rings is 1. The van der Waals surface area contributed by atoms with Gasteiger partial charge in [0.05, 0.1) is 24.3 Å². The van der Waals surface area contributed by atoms with Gasteiger partial charge in [0.15, 0.2) is 5.75 Å². The molecule has 0 radical (unpaired) electrons. The fraction of sp³-hybridized carbons (Fsp3) is 0.320. The lowest BCUT2D eigenvalue weighted by Gasteiger charge is -2.32. The van der Waals surface area contributed by atoms with Gasteiger partial charge in [-0.2, -0.15) is 4.98 Å². The van der Waals surface area contributed by atoms with E-state index in [1.807, 2.05) is 36.4 Å². The first-order chi connectivity index (χ1) is 16.4. The summed E-state index contributed by atoms with van der Waals surface area (Å²) >= 11 is 0. The van der Waals surface area contributed by atoms with Crippen LogP contribution in [0.1, 0.15) is 43.8 Å². The van der Waals surface area contributed by atoms with E-state index >= 15 is 0 Å². The van der Waals surface area contributed by atoms with Crippen LogP contribution >= 0.6 is 0 Å². The Hall–Kier alpha value is -3.85. The molecule has 174 valence electrons. The summed E-state index contributed by atoms with van der Waals surface area (Å²) in [6, 6.07) is 12.2. The fourth-order valence-electron chi connectivity index (χ4n) is 3.81. The van der Waals surface area contributed by atoms with Crippen LogP contribution in [0.5, 0.6) is 17.2 Å².